The van der Waals surface area contributed by atoms with Crippen LogP contribution in [0.4, 0.5) is 18.9 Å². The molecule has 0 radical (unpaired) electrons. The lowest BCUT2D eigenvalue weighted by molar-refractivity contribution is -0.260. The van der Waals surface area contributed by atoms with Crippen molar-refractivity contribution in [2.75, 3.05) is 11.9 Å². The summed E-state index contributed by atoms with van der Waals surface area (Å²) in [5.74, 6) is 0.105. The molecule has 3 rings (SSSR count). The summed E-state index contributed by atoms with van der Waals surface area (Å²) in [6.07, 6.45) is -3.20. The van der Waals surface area contributed by atoms with Crippen molar-refractivity contribution in [1.29, 1.82) is 0 Å². The summed E-state index contributed by atoms with van der Waals surface area (Å²) in [6, 6.07) is 8.37. The zero-order chi connectivity index (χ0) is 22.1. The van der Waals surface area contributed by atoms with E-state index in [4.69, 9.17) is 34.8 Å². The molecule has 1 atom stereocenters. The van der Waals surface area contributed by atoms with Crippen LogP contribution in [0.3, 0.4) is 0 Å². The maximum Gasteiger partial charge on any atom is 0.423 e. The lowest BCUT2D eigenvalue weighted by Crippen LogP contribution is -2.47. The summed E-state index contributed by atoms with van der Waals surface area (Å²) in [5, 5.41) is 15.4. The van der Waals surface area contributed by atoms with Gasteiger partial charge in [0.25, 0.3) is 0 Å². The first-order valence-electron chi connectivity index (χ1n) is 9.06. The third-order valence-electron chi connectivity index (χ3n) is 4.85. The Morgan fingerprint density at radius 1 is 1.07 bits per heavy atom. The summed E-state index contributed by atoms with van der Waals surface area (Å²) >= 11 is 17.5. The fourth-order valence-electron chi connectivity index (χ4n) is 2.81. The van der Waals surface area contributed by atoms with E-state index in [1.807, 2.05) is 0 Å². The summed E-state index contributed by atoms with van der Waals surface area (Å²) < 4.78 is 41.2. The Bertz CT molecular complexity index is 911. The molecule has 3 N–H and O–H groups in total. The van der Waals surface area contributed by atoms with Gasteiger partial charge in [0.05, 0.1) is 21.6 Å². The van der Waals surface area contributed by atoms with Crippen LogP contribution in [-0.2, 0) is 16.9 Å². The number of nitrogens with one attached hydrogen (secondary N) is 2. The van der Waals surface area contributed by atoms with Crippen molar-refractivity contribution >= 4 is 46.4 Å². The van der Waals surface area contributed by atoms with Gasteiger partial charge in [0, 0.05) is 18.2 Å². The Kier molecular flexibility index (Phi) is 6.77. The quantitative estimate of drug-likeness (QED) is 0.455. The number of anilines is 1. The second-order valence-electron chi connectivity index (χ2n) is 7.15. The molecule has 0 heterocycles. The maximum atomic E-state index is 13.7. The van der Waals surface area contributed by atoms with E-state index in [9.17, 15) is 23.1 Å². The zero-order valence-electron chi connectivity index (χ0n) is 15.5. The van der Waals surface area contributed by atoms with Crippen LogP contribution in [0.15, 0.2) is 36.4 Å². The summed E-state index contributed by atoms with van der Waals surface area (Å²) in [6.45, 7) is -0.535. The third kappa shape index (κ3) is 5.14. The molecular formula is C20H18Cl3F3N2O2. The van der Waals surface area contributed by atoms with Gasteiger partial charge in [0.15, 0.2) is 0 Å². The van der Waals surface area contributed by atoms with Crippen LogP contribution in [0.5, 0.6) is 0 Å². The van der Waals surface area contributed by atoms with E-state index in [0.29, 0.717) is 12.2 Å². The van der Waals surface area contributed by atoms with Crippen molar-refractivity contribution in [3.05, 3.63) is 62.6 Å². The molecule has 10 heteroatoms. The minimum Gasteiger partial charge on any atom is -0.381 e. The Morgan fingerprint density at radius 3 is 2.13 bits per heavy atom. The summed E-state index contributed by atoms with van der Waals surface area (Å²) in [7, 11) is 0. The lowest BCUT2D eigenvalue weighted by atomic mass is 9.92. The monoisotopic (exact) mass is 480 g/mol. The number of aliphatic hydroxyl groups is 1. The maximum absolute atomic E-state index is 13.7. The molecule has 0 saturated heterocycles. The van der Waals surface area contributed by atoms with Crippen LogP contribution in [0.25, 0.3) is 0 Å². The second-order valence-corrected chi connectivity index (χ2v) is 8.35. The molecule has 0 spiro atoms. The first kappa shape index (κ1) is 23.0. The Labute approximate surface area is 186 Å². The van der Waals surface area contributed by atoms with Crippen molar-refractivity contribution in [2.45, 2.75) is 31.2 Å². The van der Waals surface area contributed by atoms with Crippen LogP contribution in [0, 0.1) is 5.92 Å². The van der Waals surface area contributed by atoms with Crippen molar-refractivity contribution in [2.24, 2.45) is 5.92 Å². The molecule has 1 aliphatic rings. The molecule has 1 amide bonds. The van der Waals surface area contributed by atoms with Crippen molar-refractivity contribution < 1.29 is 23.1 Å². The number of benzene rings is 2. The predicted octanol–water partition coefficient (Wildman–Crippen LogP) is 5.54. The van der Waals surface area contributed by atoms with E-state index in [1.54, 1.807) is 24.3 Å². The largest absolute Gasteiger partial charge is 0.423 e. The number of carbonyl (C=O) groups excluding carboxylic acids is 1. The first-order chi connectivity index (χ1) is 14.0. The Morgan fingerprint density at radius 2 is 1.63 bits per heavy atom. The van der Waals surface area contributed by atoms with Gasteiger partial charge >= 0.3 is 6.18 Å². The number of alkyl halides is 3. The molecule has 0 aromatic heterocycles. The lowest BCUT2D eigenvalue weighted by Gasteiger charge is -2.32. The third-order valence-corrected chi connectivity index (χ3v) is 6.04. The number of amides is 1. The van der Waals surface area contributed by atoms with Gasteiger partial charge in [-0.3, -0.25) is 4.79 Å². The molecule has 2 aromatic carbocycles. The van der Waals surface area contributed by atoms with E-state index in [1.165, 1.54) is 0 Å². The van der Waals surface area contributed by atoms with Crippen molar-refractivity contribution in [1.82, 2.24) is 5.32 Å². The summed E-state index contributed by atoms with van der Waals surface area (Å²) in [4.78, 5) is 11.7. The summed E-state index contributed by atoms with van der Waals surface area (Å²) in [5.41, 5.74) is -2.61. The molecule has 0 aliphatic heterocycles. The van der Waals surface area contributed by atoms with Gasteiger partial charge in [-0.15, -0.1) is 0 Å². The highest BCUT2D eigenvalue weighted by atomic mass is 35.5. The molecule has 30 heavy (non-hydrogen) atoms. The molecule has 162 valence electrons. The van der Waals surface area contributed by atoms with E-state index in [2.05, 4.69) is 10.6 Å². The van der Waals surface area contributed by atoms with Crippen LogP contribution < -0.4 is 10.6 Å². The van der Waals surface area contributed by atoms with E-state index >= 15 is 0 Å². The van der Waals surface area contributed by atoms with Gasteiger partial charge < -0.3 is 15.7 Å². The first-order valence-corrected chi connectivity index (χ1v) is 10.2. The molecule has 0 bridgehead atoms. The van der Waals surface area contributed by atoms with Gasteiger partial charge in [-0.25, -0.2) is 0 Å². The highest BCUT2D eigenvalue weighted by molar-refractivity contribution is 6.48. The number of hydrogen-bond acceptors (Lipinski definition) is 3. The number of halogens is 6. The van der Waals surface area contributed by atoms with Gasteiger partial charge in [0.1, 0.15) is 0 Å². The van der Waals surface area contributed by atoms with Crippen LogP contribution in [0.1, 0.15) is 24.0 Å². The Hall–Kier alpha value is -1.67. The smallest absolute Gasteiger partial charge is 0.381 e. The van der Waals surface area contributed by atoms with Crippen LogP contribution >= 0.6 is 34.8 Å². The molecule has 2 aromatic rings. The van der Waals surface area contributed by atoms with E-state index < -0.39 is 23.9 Å². The fourth-order valence-corrected chi connectivity index (χ4v) is 3.41. The Balaban J connectivity index is 1.71. The second kappa shape index (κ2) is 8.83. The van der Waals surface area contributed by atoms with Gasteiger partial charge in [-0.1, -0.05) is 46.9 Å². The van der Waals surface area contributed by atoms with Crippen LogP contribution in [-0.4, -0.2) is 23.7 Å². The normalized spacial score (nSPS) is 16.1. The van der Waals surface area contributed by atoms with Crippen molar-refractivity contribution in [3.8, 4) is 0 Å². The molecule has 4 nitrogen and oxygen atoms in total. The number of hydrogen-bond donors (Lipinski definition) is 3. The highest BCUT2D eigenvalue weighted by Gasteiger charge is 2.55. The van der Waals surface area contributed by atoms with Gasteiger partial charge in [-0.05, 0) is 48.2 Å². The van der Waals surface area contributed by atoms with Crippen molar-refractivity contribution in [3.63, 3.8) is 0 Å². The fraction of sp³-hybridized carbons (Fsp3) is 0.350. The molecule has 1 fully saturated rings. The highest BCUT2D eigenvalue weighted by Crippen LogP contribution is 2.43. The van der Waals surface area contributed by atoms with Crippen LogP contribution in [0.2, 0.25) is 15.1 Å². The molecule has 1 saturated carbocycles. The predicted molar refractivity (Wildman–Crippen MR) is 111 cm³/mol. The van der Waals surface area contributed by atoms with E-state index in [-0.39, 0.29) is 26.9 Å². The minimum atomic E-state index is -5.01. The number of rotatable bonds is 7. The average molecular weight is 482 g/mol. The topological polar surface area (TPSA) is 61.4 Å². The van der Waals surface area contributed by atoms with Gasteiger partial charge in [0.2, 0.25) is 11.5 Å². The van der Waals surface area contributed by atoms with Gasteiger partial charge in [-0.2, -0.15) is 13.2 Å². The minimum absolute atomic E-state index is 0.00716. The average Bonchev–Trinajstić information content (AvgIpc) is 3.53. The molecule has 1 aliphatic carbocycles. The number of carbonyl (C=O) groups is 1. The standard InChI is InChI=1S/C20H18Cl3F3N2O2/c21-15-7-13(8-16(22)17(15)23)19(30,20(24,25)26)10-28-14-5-1-11(2-6-14)9-27-18(29)12-3-4-12/h1-2,5-8,12,28,30H,3-4,9-10H2,(H,27,29)/t19-/m0/s1. The SMILES string of the molecule is O=C(NCc1ccc(NC[C@](O)(c2cc(Cl)c(Cl)c(Cl)c2)C(F)(F)F)cc1)C1CC1. The molecular weight excluding hydrogens is 464 g/mol. The zero-order valence-corrected chi connectivity index (χ0v) is 17.8. The van der Waals surface area contributed by atoms with E-state index in [0.717, 1.165) is 30.5 Å². The molecule has 0 unspecified atom stereocenters.